The van der Waals surface area contributed by atoms with Crippen molar-refractivity contribution in [2.75, 3.05) is 11.9 Å². The van der Waals surface area contributed by atoms with Gasteiger partial charge in [-0.1, -0.05) is 48.5 Å². The van der Waals surface area contributed by atoms with Gasteiger partial charge in [0.15, 0.2) is 0 Å². The second kappa shape index (κ2) is 10.6. The van der Waals surface area contributed by atoms with Gasteiger partial charge in [-0.25, -0.2) is 0 Å². The Morgan fingerprint density at radius 2 is 1.70 bits per heavy atom. The van der Waals surface area contributed by atoms with Crippen LogP contribution >= 0.6 is 0 Å². The highest BCUT2D eigenvalue weighted by Gasteiger charge is 2.05. The number of carbonyl (C=O) groups is 2. The molecule has 0 bridgehead atoms. The third-order valence-corrected chi connectivity index (χ3v) is 4.29. The van der Waals surface area contributed by atoms with E-state index in [-0.39, 0.29) is 11.8 Å². The van der Waals surface area contributed by atoms with Crippen molar-refractivity contribution in [3.05, 3.63) is 102 Å². The summed E-state index contributed by atoms with van der Waals surface area (Å²) in [7, 11) is 0. The largest absolute Gasteiger partial charge is 0.489 e. The highest BCUT2D eigenvalue weighted by atomic mass is 16.5. The van der Waals surface area contributed by atoms with Crippen LogP contribution in [0, 0.1) is 0 Å². The number of nitrogens with one attached hydrogen (secondary N) is 2. The van der Waals surface area contributed by atoms with Gasteiger partial charge in [-0.3, -0.25) is 9.59 Å². The molecule has 0 heterocycles. The molecular weight excluding hydrogens is 376 g/mol. The normalized spacial score (nSPS) is 10.6. The Morgan fingerprint density at radius 3 is 2.43 bits per heavy atom. The minimum Gasteiger partial charge on any atom is -0.489 e. The maximum Gasteiger partial charge on any atom is 0.251 e. The first-order chi connectivity index (χ1) is 14.6. The van der Waals surface area contributed by atoms with Crippen molar-refractivity contribution >= 4 is 23.6 Å². The minimum absolute atomic E-state index is 0.168. The average molecular weight is 400 g/mol. The molecular formula is C25H24N2O3. The molecule has 3 aromatic rings. The SMILES string of the molecule is CCNC(=O)c1cccc(NC(=O)/C=C/c2ccc(OCc3ccccc3)cc2)c1. The summed E-state index contributed by atoms with van der Waals surface area (Å²) in [6.07, 6.45) is 3.18. The molecule has 0 aliphatic carbocycles. The van der Waals surface area contributed by atoms with Gasteiger partial charge >= 0.3 is 0 Å². The molecule has 5 nitrogen and oxygen atoms in total. The summed E-state index contributed by atoms with van der Waals surface area (Å²) in [4.78, 5) is 24.1. The van der Waals surface area contributed by atoms with Crippen LogP contribution in [0.3, 0.4) is 0 Å². The number of carbonyl (C=O) groups excluding carboxylic acids is 2. The summed E-state index contributed by atoms with van der Waals surface area (Å²) in [5.41, 5.74) is 3.06. The number of hydrogen-bond acceptors (Lipinski definition) is 3. The number of benzene rings is 3. The van der Waals surface area contributed by atoms with Gasteiger partial charge in [-0.2, -0.15) is 0 Å². The maximum absolute atomic E-state index is 12.2. The van der Waals surface area contributed by atoms with Crippen LogP contribution in [0.1, 0.15) is 28.4 Å². The van der Waals surface area contributed by atoms with E-state index in [0.717, 1.165) is 16.9 Å². The van der Waals surface area contributed by atoms with E-state index in [1.807, 2.05) is 61.5 Å². The third kappa shape index (κ3) is 6.34. The standard InChI is InChI=1S/C25H24N2O3/c1-2-26-25(29)21-9-6-10-22(17-21)27-24(28)16-13-19-11-14-23(15-12-19)30-18-20-7-4-3-5-8-20/h3-17H,2,18H2,1H3,(H,26,29)(H,27,28)/b16-13+. The van der Waals surface area contributed by atoms with Gasteiger partial charge in [-0.05, 0) is 54.5 Å². The number of hydrogen-bond donors (Lipinski definition) is 2. The molecule has 0 fully saturated rings. The lowest BCUT2D eigenvalue weighted by Crippen LogP contribution is -2.22. The van der Waals surface area contributed by atoms with Gasteiger partial charge in [0.05, 0.1) is 0 Å². The second-order valence-corrected chi connectivity index (χ2v) is 6.61. The van der Waals surface area contributed by atoms with Crippen LogP contribution in [0.2, 0.25) is 0 Å². The fourth-order valence-electron chi connectivity index (χ4n) is 2.77. The van der Waals surface area contributed by atoms with Crippen LogP contribution in [-0.2, 0) is 11.4 Å². The number of ether oxygens (including phenoxy) is 1. The van der Waals surface area contributed by atoms with Crippen molar-refractivity contribution in [1.82, 2.24) is 5.32 Å². The fourth-order valence-corrected chi connectivity index (χ4v) is 2.77. The molecule has 5 heteroatoms. The fraction of sp³-hybridized carbons (Fsp3) is 0.120. The Labute approximate surface area is 176 Å². The summed E-state index contributed by atoms with van der Waals surface area (Å²) < 4.78 is 5.76. The summed E-state index contributed by atoms with van der Waals surface area (Å²) >= 11 is 0. The molecule has 152 valence electrons. The van der Waals surface area contributed by atoms with Gasteiger partial charge in [0.2, 0.25) is 5.91 Å². The van der Waals surface area contributed by atoms with Gasteiger partial charge in [0.1, 0.15) is 12.4 Å². The molecule has 0 saturated heterocycles. The third-order valence-electron chi connectivity index (χ3n) is 4.29. The van der Waals surface area contributed by atoms with Crippen LogP contribution in [0.4, 0.5) is 5.69 Å². The Hall–Kier alpha value is -3.86. The van der Waals surface area contributed by atoms with Crippen molar-refractivity contribution in [1.29, 1.82) is 0 Å². The quantitative estimate of drug-likeness (QED) is 0.540. The zero-order valence-corrected chi connectivity index (χ0v) is 16.8. The second-order valence-electron chi connectivity index (χ2n) is 6.61. The van der Waals surface area contributed by atoms with Crippen molar-refractivity contribution in [2.45, 2.75) is 13.5 Å². The summed E-state index contributed by atoms with van der Waals surface area (Å²) in [5.74, 6) is 0.328. The van der Waals surface area contributed by atoms with Crippen molar-refractivity contribution < 1.29 is 14.3 Å². The highest BCUT2D eigenvalue weighted by molar-refractivity contribution is 6.03. The van der Waals surface area contributed by atoms with Crippen LogP contribution in [0.15, 0.2) is 84.9 Å². The maximum atomic E-state index is 12.2. The van der Waals surface area contributed by atoms with Crippen LogP contribution in [0.5, 0.6) is 5.75 Å². The van der Waals surface area contributed by atoms with Gasteiger partial charge in [0.25, 0.3) is 5.91 Å². The summed E-state index contributed by atoms with van der Waals surface area (Å²) in [5, 5.41) is 5.50. The highest BCUT2D eigenvalue weighted by Crippen LogP contribution is 2.15. The first kappa shape index (κ1) is 20.9. The number of amides is 2. The van der Waals surface area contributed by atoms with E-state index in [4.69, 9.17) is 4.74 Å². The van der Waals surface area contributed by atoms with Crippen LogP contribution in [-0.4, -0.2) is 18.4 Å². The molecule has 0 aliphatic rings. The molecule has 0 saturated carbocycles. The Kier molecular flexibility index (Phi) is 7.39. The zero-order chi connectivity index (χ0) is 21.2. The predicted octanol–water partition coefficient (Wildman–Crippen LogP) is 4.67. The predicted molar refractivity (Wildman–Crippen MR) is 119 cm³/mol. The topological polar surface area (TPSA) is 67.4 Å². The molecule has 0 spiro atoms. The zero-order valence-electron chi connectivity index (χ0n) is 16.8. The molecule has 0 atom stereocenters. The van der Waals surface area contributed by atoms with E-state index >= 15 is 0 Å². The van der Waals surface area contributed by atoms with Crippen molar-refractivity contribution in [2.24, 2.45) is 0 Å². The van der Waals surface area contributed by atoms with Gasteiger partial charge < -0.3 is 15.4 Å². The Balaban J connectivity index is 1.53. The van der Waals surface area contributed by atoms with Gasteiger partial charge in [0, 0.05) is 23.9 Å². The van der Waals surface area contributed by atoms with E-state index in [1.165, 1.54) is 6.08 Å². The Bertz CT molecular complexity index is 1010. The lowest BCUT2D eigenvalue weighted by molar-refractivity contribution is -0.111. The lowest BCUT2D eigenvalue weighted by Gasteiger charge is -2.07. The monoisotopic (exact) mass is 400 g/mol. The molecule has 30 heavy (non-hydrogen) atoms. The summed E-state index contributed by atoms with van der Waals surface area (Å²) in [6, 6.07) is 24.3. The number of anilines is 1. The molecule has 3 rings (SSSR count). The molecule has 0 unspecified atom stereocenters. The molecule has 0 aromatic heterocycles. The molecule has 3 aromatic carbocycles. The Morgan fingerprint density at radius 1 is 0.933 bits per heavy atom. The smallest absolute Gasteiger partial charge is 0.251 e. The van der Waals surface area contributed by atoms with E-state index in [9.17, 15) is 9.59 Å². The summed E-state index contributed by atoms with van der Waals surface area (Å²) in [6.45, 7) is 2.91. The first-order valence-electron chi connectivity index (χ1n) is 9.78. The molecule has 2 N–H and O–H groups in total. The minimum atomic E-state index is -0.271. The average Bonchev–Trinajstić information content (AvgIpc) is 2.78. The number of rotatable bonds is 8. The van der Waals surface area contributed by atoms with E-state index in [1.54, 1.807) is 30.3 Å². The molecule has 0 radical (unpaired) electrons. The van der Waals surface area contributed by atoms with E-state index in [2.05, 4.69) is 10.6 Å². The van der Waals surface area contributed by atoms with Gasteiger partial charge in [-0.15, -0.1) is 0 Å². The molecule has 0 aliphatic heterocycles. The van der Waals surface area contributed by atoms with E-state index in [0.29, 0.717) is 24.4 Å². The van der Waals surface area contributed by atoms with Crippen LogP contribution in [0.25, 0.3) is 6.08 Å². The van der Waals surface area contributed by atoms with Crippen LogP contribution < -0.4 is 15.4 Å². The first-order valence-corrected chi connectivity index (χ1v) is 9.78. The van der Waals surface area contributed by atoms with Crippen molar-refractivity contribution in [3.8, 4) is 5.75 Å². The molecule has 2 amide bonds. The lowest BCUT2D eigenvalue weighted by atomic mass is 10.2. The van der Waals surface area contributed by atoms with E-state index < -0.39 is 0 Å². The van der Waals surface area contributed by atoms with Crippen molar-refractivity contribution in [3.63, 3.8) is 0 Å².